The molecule has 0 aliphatic heterocycles. The zero-order chi connectivity index (χ0) is 19.1. The molecule has 1 amide bonds. The van der Waals surface area contributed by atoms with Gasteiger partial charge in [0.05, 0.1) is 12.3 Å². The van der Waals surface area contributed by atoms with E-state index < -0.39 is 0 Å². The van der Waals surface area contributed by atoms with E-state index in [0.717, 1.165) is 23.4 Å². The average molecular weight is 401 g/mol. The van der Waals surface area contributed by atoms with Crippen molar-refractivity contribution in [2.24, 2.45) is 0 Å². The molecule has 3 aromatic rings. The van der Waals surface area contributed by atoms with Crippen molar-refractivity contribution in [3.63, 3.8) is 0 Å². The molecule has 0 radical (unpaired) electrons. The molecule has 0 saturated heterocycles. The summed E-state index contributed by atoms with van der Waals surface area (Å²) in [6.45, 7) is 2.63. The van der Waals surface area contributed by atoms with Gasteiger partial charge in [-0.25, -0.2) is 4.98 Å². The van der Waals surface area contributed by atoms with Crippen molar-refractivity contribution < 1.29 is 9.53 Å². The Morgan fingerprint density at radius 2 is 1.89 bits per heavy atom. The predicted octanol–water partition coefficient (Wildman–Crippen LogP) is 5.82. The molecule has 6 heteroatoms. The number of ether oxygens (including phenoxy) is 1. The highest BCUT2D eigenvalue weighted by Gasteiger charge is 2.08. The number of rotatable bonds is 8. The molecule has 1 heterocycles. The molecule has 0 fully saturated rings. The molecule has 0 bridgehead atoms. The lowest BCUT2D eigenvalue weighted by Gasteiger charge is -2.06. The second-order valence-corrected chi connectivity index (χ2v) is 7.34. The third-order valence-corrected chi connectivity index (χ3v) is 5.05. The molecule has 3 rings (SSSR count). The lowest BCUT2D eigenvalue weighted by molar-refractivity contribution is -0.116. The van der Waals surface area contributed by atoms with Crippen molar-refractivity contribution in [2.75, 3.05) is 11.9 Å². The predicted molar refractivity (Wildman–Crippen MR) is 112 cm³/mol. The van der Waals surface area contributed by atoms with Gasteiger partial charge in [-0.2, -0.15) is 0 Å². The van der Waals surface area contributed by atoms with Crippen molar-refractivity contribution in [3.8, 4) is 17.0 Å². The fourth-order valence-electron chi connectivity index (χ4n) is 2.51. The van der Waals surface area contributed by atoms with Gasteiger partial charge in [0.15, 0.2) is 5.13 Å². The van der Waals surface area contributed by atoms with Gasteiger partial charge < -0.3 is 10.1 Å². The Bertz CT molecular complexity index is 876. The minimum Gasteiger partial charge on any atom is -0.494 e. The molecule has 0 spiro atoms. The van der Waals surface area contributed by atoms with Crippen molar-refractivity contribution in [3.05, 3.63) is 64.5 Å². The van der Waals surface area contributed by atoms with Gasteiger partial charge in [-0.1, -0.05) is 42.8 Å². The number of amides is 1. The Morgan fingerprint density at radius 3 is 2.59 bits per heavy atom. The van der Waals surface area contributed by atoms with Crippen molar-refractivity contribution >= 4 is 34.0 Å². The molecule has 1 aromatic heterocycles. The summed E-state index contributed by atoms with van der Waals surface area (Å²) in [5, 5.41) is 6.05. The van der Waals surface area contributed by atoms with Gasteiger partial charge in [-0.15, -0.1) is 11.3 Å². The topological polar surface area (TPSA) is 51.2 Å². The summed E-state index contributed by atoms with van der Waals surface area (Å²) < 4.78 is 5.67. The van der Waals surface area contributed by atoms with Crippen LogP contribution in [-0.4, -0.2) is 17.5 Å². The van der Waals surface area contributed by atoms with Crippen LogP contribution in [-0.2, 0) is 11.2 Å². The van der Waals surface area contributed by atoms with Crippen LogP contribution in [0.4, 0.5) is 5.13 Å². The molecule has 0 aliphatic carbocycles. The third-order valence-electron chi connectivity index (χ3n) is 4.04. The number of anilines is 1. The van der Waals surface area contributed by atoms with Gasteiger partial charge in [0, 0.05) is 22.4 Å². The minimum atomic E-state index is -0.0584. The Labute approximate surface area is 168 Å². The standard InChI is InChI=1S/C21H21ClN2O2S/c1-2-15-5-11-18(12-6-15)26-13-3-4-20(25)24-21-23-19(14-27-21)16-7-9-17(22)10-8-16/h5-12,14H,2-4,13H2,1H3,(H,23,24,25). The number of benzene rings is 2. The van der Waals surface area contributed by atoms with Crippen LogP contribution >= 0.6 is 22.9 Å². The molecule has 0 aliphatic rings. The molecule has 140 valence electrons. The van der Waals surface area contributed by atoms with Crippen LogP contribution in [0.1, 0.15) is 25.3 Å². The monoisotopic (exact) mass is 400 g/mol. The van der Waals surface area contributed by atoms with E-state index in [1.165, 1.54) is 16.9 Å². The number of hydrogen-bond acceptors (Lipinski definition) is 4. The van der Waals surface area contributed by atoms with E-state index in [-0.39, 0.29) is 5.91 Å². The molecule has 0 saturated carbocycles. The number of carbonyl (C=O) groups excluding carboxylic acids is 1. The summed E-state index contributed by atoms with van der Waals surface area (Å²) in [5.74, 6) is 0.775. The van der Waals surface area contributed by atoms with Crippen LogP contribution in [0, 0.1) is 0 Å². The summed E-state index contributed by atoms with van der Waals surface area (Å²) in [7, 11) is 0. The zero-order valence-corrected chi connectivity index (χ0v) is 16.6. The molecule has 2 aromatic carbocycles. The normalized spacial score (nSPS) is 10.6. The molecule has 1 N–H and O–H groups in total. The largest absolute Gasteiger partial charge is 0.494 e. The summed E-state index contributed by atoms with van der Waals surface area (Å²) in [4.78, 5) is 16.5. The van der Waals surface area contributed by atoms with Crippen LogP contribution in [0.2, 0.25) is 5.02 Å². The number of thiazole rings is 1. The van der Waals surface area contributed by atoms with Crippen molar-refractivity contribution in [1.29, 1.82) is 0 Å². The number of hydrogen-bond donors (Lipinski definition) is 1. The van der Waals surface area contributed by atoms with E-state index in [0.29, 0.717) is 29.6 Å². The van der Waals surface area contributed by atoms with Crippen molar-refractivity contribution in [2.45, 2.75) is 26.2 Å². The average Bonchev–Trinajstić information content (AvgIpc) is 3.14. The van der Waals surface area contributed by atoms with Gasteiger partial charge >= 0.3 is 0 Å². The second-order valence-electron chi connectivity index (χ2n) is 6.04. The van der Waals surface area contributed by atoms with Gasteiger partial charge in [0.25, 0.3) is 0 Å². The smallest absolute Gasteiger partial charge is 0.226 e. The lowest BCUT2D eigenvalue weighted by Crippen LogP contribution is -2.12. The first-order chi connectivity index (χ1) is 13.1. The Kier molecular flexibility index (Phi) is 6.85. The number of aromatic nitrogens is 1. The molecule has 0 atom stereocenters. The van der Waals surface area contributed by atoms with Crippen LogP contribution in [0.3, 0.4) is 0 Å². The van der Waals surface area contributed by atoms with Crippen LogP contribution < -0.4 is 10.1 Å². The Morgan fingerprint density at radius 1 is 1.15 bits per heavy atom. The van der Waals surface area contributed by atoms with E-state index >= 15 is 0 Å². The quantitative estimate of drug-likeness (QED) is 0.484. The third kappa shape index (κ3) is 5.81. The maximum Gasteiger partial charge on any atom is 0.226 e. The van der Waals surface area contributed by atoms with E-state index in [2.05, 4.69) is 29.4 Å². The number of nitrogens with zero attached hydrogens (tertiary/aromatic N) is 1. The van der Waals surface area contributed by atoms with E-state index in [4.69, 9.17) is 16.3 Å². The number of nitrogens with one attached hydrogen (secondary N) is 1. The molecule has 27 heavy (non-hydrogen) atoms. The van der Waals surface area contributed by atoms with Crippen LogP contribution in [0.5, 0.6) is 5.75 Å². The van der Waals surface area contributed by atoms with Gasteiger partial charge in [-0.3, -0.25) is 4.79 Å². The van der Waals surface area contributed by atoms with E-state index in [9.17, 15) is 4.79 Å². The molecule has 4 nitrogen and oxygen atoms in total. The van der Waals surface area contributed by atoms with Crippen molar-refractivity contribution in [1.82, 2.24) is 4.98 Å². The molecule has 0 unspecified atom stereocenters. The minimum absolute atomic E-state index is 0.0584. The summed E-state index contributed by atoms with van der Waals surface area (Å²) in [5.41, 5.74) is 3.08. The number of halogens is 1. The Hall–Kier alpha value is -2.37. The highest BCUT2D eigenvalue weighted by Crippen LogP contribution is 2.26. The van der Waals surface area contributed by atoms with Crippen LogP contribution in [0.15, 0.2) is 53.9 Å². The molecular formula is C21H21ClN2O2S. The summed E-state index contributed by atoms with van der Waals surface area (Å²) >= 11 is 7.31. The number of aryl methyl sites for hydroxylation is 1. The SMILES string of the molecule is CCc1ccc(OCCCC(=O)Nc2nc(-c3ccc(Cl)cc3)cs2)cc1. The van der Waals surface area contributed by atoms with Gasteiger partial charge in [0.2, 0.25) is 5.91 Å². The zero-order valence-electron chi connectivity index (χ0n) is 15.1. The van der Waals surface area contributed by atoms with Gasteiger partial charge in [0.1, 0.15) is 5.75 Å². The summed E-state index contributed by atoms with van der Waals surface area (Å²) in [6.07, 6.45) is 2.05. The van der Waals surface area contributed by atoms with E-state index in [1.54, 1.807) is 0 Å². The first kappa shape index (κ1) is 19.4. The van der Waals surface area contributed by atoms with Gasteiger partial charge in [-0.05, 0) is 42.7 Å². The second kappa shape index (κ2) is 9.53. The maximum atomic E-state index is 12.1. The Balaban J connectivity index is 1.42. The molecular weight excluding hydrogens is 380 g/mol. The first-order valence-corrected chi connectivity index (χ1v) is 10.1. The summed E-state index contributed by atoms with van der Waals surface area (Å²) in [6, 6.07) is 15.5. The fraction of sp³-hybridized carbons (Fsp3) is 0.238. The highest BCUT2D eigenvalue weighted by molar-refractivity contribution is 7.14. The van der Waals surface area contributed by atoms with Crippen LogP contribution in [0.25, 0.3) is 11.3 Å². The fourth-order valence-corrected chi connectivity index (χ4v) is 3.37. The first-order valence-electron chi connectivity index (χ1n) is 8.87. The lowest BCUT2D eigenvalue weighted by atomic mass is 10.2. The van der Waals surface area contributed by atoms with E-state index in [1.807, 2.05) is 41.8 Å². The number of carbonyl (C=O) groups is 1. The maximum absolute atomic E-state index is 12.1. The highest BCUT2D eigenvalue weighted by atomic mass is 35.5.